The van der Waals surface area contributed by atoms with Crippen LogP contribution in [0.1, 0.15) is 21.7 Å². The molecule has 3 aromatic rings. The van der Waals surface area contributed by atoms with Gasteiger partial charge in [0.2, 0.25) is 0 Å². The number of ether oxygens (including phenoxy) is 1. The van der Waals surface area contributed by atoms with Gasteiger partial charge in [-0.2, -0.15) is 5.10 Å². The van der Waals surface area contributed by atoms with Crippen LogP contribution in [0.2, 0.25) is 0 Å². The van der Waals surface area contributed by atoms with Gasteiger partial charge in [-0.3, -0.25) is 15.2 Å². The minimum atomic E-state index is -0.602. The Morgan fingerprint density at radius 2 is 1.97 bits per heavy atom. The molecule has 12 heteroatoms. The number of aromatic amines is 1. The second-order valence-corrected chi connectivity index (χ2v) is 6.76. The second kappa shape index (κ2) is 10.2. The zero-order valence-corrected chi connectivity index (χ0v) is 17.8. The van der Waals surface area contributed by atoms with Gasteiger partial charge < -0.3 is 25.8 Å². The number of nitrogens with one attached hydrogen (secondary N) is 5. The first-order chi connectivity index (χ1) is 15.4. The lowest BCUT2D eigenvalue weighted by Gasteiger charge is -2.14. The molecular formula is C20H24N8O4. The topological polar surface area (TPSA) is 166 Å². The van der Waals surface area contributed by atoms with E-state index >= 15 is 0 Å². The summed E-state index contributed by atoms with van der Waals surface area (Å²) in [4.78, 5) is 32.8. The molecule has 0 saturated carbocycles. The smallest absolute Gasteiger partial charge is 0.411 e. The molecule has 0 aliphatic carbocycles. The summed E-state index contributed by atoms with van der Waals surface area (Å²) >= 11 is 0. The summed E-state index contributed by atoms with van der Waals surface area (Å²) in [6.45, 7) is 3.56. The monoisotopic (exact) mass is 440 g/mol. The van der Waals surface area contributed by atoms with Crippen molar-refractivity contribution in [3.8, 4) is 0 Å². The van der Waals surface area contributed by atoms with Crippen molar-refractivity contribution in [1.82, 2.24) is 25.5 Å². The van der Waals surface area contributed by atoms with Crippen LogP contribution in [0.15, 0.2) is 30.5 Å². The standard InChI is InChI=1S/C20H24N8O4/c1-11-4-5-13(9-14(11)24-20(31)32-3)23-18-17(19(30)21-6-7-29)22-10-16(26-18)25-15-8-12(2)27-28-15/h4-5,8-10,29H,6-7H2,1-3H3,(H,21,30)(H,24,31)(H3,23,25,26,27,28). The third-order valence-corrected chi connectivity index (χ3v) is 4.27. The van der Waals surface area contributed by atoms with Crippen LogP contribution in [-0.4, -0.2) is 57.5 Å². The van der Waals surface area contributed by atoms with E-state index in [1.54, 1.807) is 24.3 Å². The largest absolute Gasteiger partial charge is 0.453 e. The number of anilines is 5. The van der Waals surface area contributed by atoms with Gasteiger partial charge in [-0.05, 0) is 31.5 Å². The molecule has 0 aliphatic rings. The average molecular weight is 440 g/mol. The molecule has 2 heterocycles. The molecule has 32 heavy (non-hydrogen) atoms. The van der Waals surface area contributed by atoms with E-state index in [1.807, 2.05) is 13.8 Å². The van der Waals surface area contributed by atoms with E-state index in [2.05, 4.69) is 46.2 Å². The Balaban J connectivity index is 1.92. The first kappa shape index (κ1) is 22.5. The molecule has 0 atom stereocenters. The van der Waals surface area contributed by atoms with Crippen molar-refractivity contribution in [2.24, 2.45) is 0 Å². The van der Waals surface area contributed by atoms with Crippen molar-refractivity contribution < 1.29 is 19.4 Å². The van der Waals surface area contributed by atoms with E-state index in [-0.39, 0.29) is 24.7 Å². The fraction of sp³-hybridized carbons (Fsp3) is 0.250. The molecule has 0 radical (unpaired) electrons. The first-order valence-corrected chi connectivity index (χ1v) is 9.67. The van der Waals surface area contributed by atoms with Gasteiger partial charge in [0, 0.05) is 29.7 Å². The van der Waals surface area contributed by atoms with E-state index in [4.69, 9.17) is 5.11 Å². The molecule has 2 amide bonds. The van der Waals surface area contributed by atoms with Crippen LogP contribution < -0.4 is 21.3 Å². The van der Waals surface area contributed by atoms with Crippen molar-refractivity contribution in [2.75, 3.05) is 36.2 Å². The number of aromatic nitrogens is 4. The molecule has 3 rings (SSSR count). The van der Waals surface area contributed by atoms with Crippen LogP contribution in [-0.2, 0) is 4.74 Å². The molecule has 0 spiro atoms. The summed E-state index contributed by atoms with van der Waals surface area (Å²) in [5.74, 6) is 0.569. The third-order valence-electron chi connectivity index (χ3n) is 4.27. The number of benzene rings is 1. The minimum absolute atomic E-state index is 0.0326. The van der Waals surface area contributed by atoms with Crippen LogP contribution in [0.4, 0.5) is 33.6 Å². The number of carbonyl (C=O) groups is 2. The molecular weight excluding hydrogens is 416 g/mol. The summed E-state index contributed by atoms with van der Waals surface area (Å²) in [5, 5.41) is 27.2. The number of hydrogen-bond acceptors (Lipinski definition) is 9. The molecule has 168 valence electrons. The number of methoxy groups -OCH3 is 1. The van der Waals surface area contributed by atoms with Gasteiger partial charge in [-0.1, -0.05) is 6.07 Å². The number of nitrogens with zero attached hydrogens (tertiary/aromatic N) is 3. The maximum atomic E-state index is 12.5. The van der Waals surface area contributed by atoms with Crippen LogP contribution in [0.5, 0.6) is 0 Å². The van der Waals surface area contributed by atoms with E-state index < -0.39 is 12.0 Å². The number of aliphatic hydroxyl groups excluding tert-OH is 1. The Morgan fingerprint density at radius 3 is 2.66 bits per heavy atom. The van der Waals surface area contributed by atoms with Gasteiger partial charge in [0.25, 0.3) is 5.91 Å². The highest BCUT2D eigenvalue weighted by Gasteiger charge is 2.17. The maximum absolute atomic E-state index is 12.5. The van der Waals surface area contributed by atoms with E-state index in [1.165, 1.54) is 13.3 Å². The Kier molecular flexibility index (Phi) is 7.18. The number of aryl methyl sites for hydroxylation is 2. The molecule has 2 aromatic heterocycles. The van der Waals surface area contributed by atoms with Gasteiger partial charge >= 0.3 is 6.09 Å². The number of carbonyl (C=O) groups excluding carboxylic acids is 2. The lowest BCUT2D eigenvalue weighted by atomic mass is 10.2. The number of rotatable bonds is 8. The van der Waals surface area contributed by atoms with E-state index in [0.717, 1.165) is 11.3 Å². The second-order valence-electron chi connectivity index (χ2n) is 6.76. The molecule has 1 aromatic carbocycles. The predicted octanol–water partition coefficient (Wildman–Crippen LogP) is 2.20. The zero-order chi connectivity index (χ0) is 23.1. The molecule has 0 bridgehead atoms. The Bertz CT molecular complexity index is 1110. The lowest BCUT2D eigenvalue weighted by Crippen LogP contribution is -2.28. The normalized spacial score (nSPS) is 10.4. The number of aliphatic hydroxyl groups is 1. The van der Waals surface area contributed by atoms with Gasteiger partial charge in [0.05, 0.1) is 19.9 Å². The van der Waals surface area contributed by atoms with Crippen LogP contribution in [0.25, 0.3) is 0 Å². The fourth-order valence-electron chi connectivity index (χ4n) is 2.70. The molecule has 0 aliphatic heterocycles. The highest BCUT2D eigenvalue weighted by atomic mass is 16.5. The highest BCUT2D eigenvalue weighted by Crippen LogP contribution is 2.25. The minimum Gasteiger partial charge on any atom is -0.453 e. The van der Waals surface area contributed by atoms with Gasteiger partial charge in [-0.15, -0.1) is 0 Å². The maximum Gasteiger partial charge on any atom is 0.411 e. The zero-order valence-electron chi connectivity index (χ0n) is 17.8. The molecule has 12 nitrogen and oxygen atoms in total. The van der Waals surface area contributed by atoms with E-state index in [0.29, 0.717) is 23.0 Å². The quantitative estimate of drug-likeness (QED) is 0.308. The lowest BCUT2D eigenvalue weighted by molar-refractivity contribution is 0.0940. The molecule has 0 unspecified atom stereocenters. The summed E-state index contributed by atoms with van der Waals surface area (Å²) in [7, 11) is 1.28. The SMILES string of the molecule is COC(=O)Nc1cc(Nc2nc(Nc3cc(C)[nH]n3)cnc2C(=O)NCCO)ccc1C. The highest BCUT2D eigenvalue weighted by molar-refractivity contribution is 5.98. The van der Waals surface area contributed by atoms with Crippen LogP contribution >= 0.6 is 0 Å². The average Bonchev–Trinajstić information content (AvgIpc) is 3.18. The van der Waals surface area contributed by atoms with Crippen LogP contribution in [0.3, 0.4) is 0 Å². The predicted molar refractivity (Wildman–Crippen MR) is 119 cm³/mol. The molecule has 0 fully saturated rings. The number of amides is 2. The van der Waals surface area contributed by atoms with Gasteiger partial charge in [-0.25, -0.2) is 14.8 Å². The van der Waals surface area contributed by atoms with Gasteiger partial charge in [0.15, 0.2) is 23.1 Å². The number of H-pyrrole nitrogens is 1. The van der Waals surface area contributed by atoms with Crippen molar-refractivity contribution in [3.63, 3.8) is 0 Å². The Labute approximate surface area is 183 Å². The fourth-order valence-corrected chi connectivity index (χ4v) is 2.70. The Hall–Kier alpha value is -4.19. The van der Waals surface area contributed by atoms with Crippen molar-refractivity contribution in [2.45, 2.75) is 13.8 Å². The van der Waals surface area contributed by atoms with Crippen molar-refractivity contribution in [1.29, 1.82) is 0 Å². The number of hydrogen-bond donors (Lipinski definition) is 6. The molecule has 0 saturated heterocycles. The third kappa shape index (κ3) is 5.70. The first-order valence-electron chi connectivity index (χ1n) is 9.67. The summed E-state index contributed by atoms with van der Waals surface area (Å²) in [6.07, 6.45) is 0.803. The van der Waals surface area contributed by atoms with Gasteiger partial charge in [0.1, 0.15) is 0 Å². The van der Waals surface area contributed by atoms with Crippen LogP contribution in [0, 0.1) is 13.8 Å². The van der Waals surface area contributed by atoms with Crippen molar-refractivity contribution >= 4 is 40.8 Å². The van der Waals surface area contributed by atoms with E-state index in [9.17, 15) is 9.59 Å². The summed E-state index contributed by atoms with van der Waals surface area (Å²) in [5.41, 5.74) is 2.80. The Morgan fingerprint density at radius 1 is 1.16 bits per heavy atom. The summed E-state index contributed by atoms with van der Waals surface area (Å²) < 4.78 is 4.65. The van der Waals surface area contributed by atoms with Crippen molar-refractivity contribution in [3.05, 3.63) is 47.4 Å². The molecule has 6 N–H and O–H groups in total. The summed E-state index contributed by atoms with van der Waals surface area (Å²) in [6, 6.07) is 7.04.